The van der Waals surface area contributed by atoms with E-state index in [1.165, 1.54) is 26.4 Å². The van der Waals surface area contributed by atoms with Gasteiger partial charge in [0.15, 0.2) is 10.9 Å². The van der Waals surface area contributed by atoms with Gasteiger partial charge in [-0.2, -0.15) is 0 Å². The van der Waals surface area contributed by atoms with Crippen molar-refractivity contribution in [2.24, 2.45) is 0 Å². The van der Waals surface area contributed by atoms with E-state index in [1.54, 1.807) is 0 Å². The molecule has 0 spiro atoms. The summed E-state index contributed by atoms with van der Waals surface area (Å²) < 4.78 is 21.6. The number of hydrogen-bond acceptors (Lipinski definition) is 6. The van der Waals surface area contributed by atoms with E-state index in [4.69, 9.17) is 9.15 Å². The van der Waals surface area contributed by atoms with Gasteiger partial charge in [-0.15, -0.1) is 0 Å². The summed E-state index contributed by atoms with van der Waals surface area (Å²) in [4.78, 5) is 34.5. The maximum atomic E-state index is 11.5. The van der Waals surface area contributed by atoms with Crippen LogP contribution in [0.1, 0.15) is 11.8 Å². The SMILES string of the molecule is COCc1sc(NC(C)=O)nc1-c1occc1P(=O)(O)O. The molecule has 0 aliphatic rings. The number of carbonyl (C=O) groups is 1. The van der Waals surface area contributed by atoms with Gasteiger partial charge in [0.05, 0.1) is 17.7 Å². The average molecular weight is 332 g/mol. The van der Waals surface area contributed by atoms with E-state index >= 15 is 0 Å². The number of methoxy groups -OCH3 is 1. The van der Waals surface area contributed by atoms with Gasteiger partial charge in [0.25, 0.3) is 0 Å². The highest BCUT2D eigenvalue weighted by Crippen LogP contribution is 2.40. The van der Waals surface area contributed by atoms with Gasteiger partial charge < -0.3 is 24.3 Å². The van der Waals surface area contributed by atoms with Crippen molar-refractivity contribution in [1.29, 1.82) is 0 Å². The van der Waals surface area contributed by atoms with Crippen molar-refractivity contribution in [1.82, 2.24) is 4.98 Å². The molecule has 2 rings (SSSR count). The summed E-state index contributed by atoms with van der Waals surface area (Å²) in [6, 6.07) is 1.20. The fourth-order valence-corrected chi connectivity index (χ4v) is 3.33. The fourth-order valence-electron chi connectivity index (χ4n) is 1.67. The van der Waals surface area contributed by atoms with E-state index in [-0.39, 0.29) is 29.3 Å². The van der Waals surface area contributed by atoms with Crippen molar-refractivity contribution >= 4 is 35.3 Å². The molecule has 0 aliphatic carbocycles. The molecule has 21 heavy (non-hydrogen) atoms. The standard InChI is InChI=1S/C11H13N2O6PS/c1-6(14)12-11-13-9(8(21-11)5-18-2)10-7(3-4-19-10)20(15,16)17/h3-4H,5H2,1-2H3,(H,12,13,14)(H2,15,16,17). The minimum Gasteiger partial charge on any atom is -0.462 e. The third-order valence-corrected chi connectivity index (χ3v) is 4.35. The first-order valence-electron chi connectivity index (χ1n) is 5.73. The Morgan fingerprint density at radius 3 is 2.86 bits per heavy atom. The van der Waals surface area contributed by atoms with Gasteiger partial charge in [0.2, 0.25) is 5.91 Å². The van der Waals surface area contributed by atoms with E-state index in [2.05, 4.69) is 10.3 Å². The second-order valence-corrected chi connectivity index (χ2v) is 6.74. The Morgan fingerprint density at radius 2 is 2.29 bits per heavy atom. The molecule has 2 aromatic rings. The monoisotopic (exact) mass is 332 g/mol. The lowest BCUT2D eigenvalue weighted by Crippen LogP contribution is -2.06. The van der Waals surface area contributed by atoms with E-state index in [0.717, 1.165) is 11.3 Å². The zero-order valence-corrected chi connectivity index (χ0v) is 12.9. The molecule has 3 N–H and O–H groups in total. The first-order valence-corrected chi connectivity index (χ1v) is 8.16. The van der Waals surface area contributed by atoms with Gasteiger partial charge in [-0.3, -0.25) is 9.36 Å². The Hall–Kier alpha value is -1.51. The lowest BCUT2D eigenvalue weighted by atomic mass is 10.3. The number of rotatable bonds is 5. The van der Waals surface area contributed by atoms with E-state index in [9.17, 15) is 19.1 Å². The maximum absolute atomic E-state index is 11.5. The molecule has 0 fully saturated rings. The summed E-state index contributed by atoms with van der Waals surface area (Å²) in [6.07, 6.45) is 1.18. The fraction of sp³-hybridized carbons (Fsp3) is 0.273. The van der Waals surface area contributed by atoms with Crippen LogP contribution in [0.15, 0.2) is 16.7 Å². The molecule has 0 bridgehead atoms. The molecule has 1 amide bonds. The van der Waals surface area contributed by atoms with E-state index in [0.29, 0.717) is 10.0 Å². The predicted octanol–water partition coefficient (Wildman–Crippen LogP) is 1.31. The van der Waals surface area contributed by atoms with Crippen molar-refractivity contribution in [3.63, 3.8) is 0 Å². The van der Waals surface area contributed by atoms with Crippen molar-refractivity contribution in [2.45, 2.75) is 13.5 Å². The number of nitrogens with one attached hydrogen (secondary N) is 1. The number of thiazole rings is 1. The van der Waals surface area contributed by atoms with Gasteiger partial charge in [0.1, 0.15) is 11.0 Å². The molecule has 0 saturated heterocycles. The Kier molecular flexibility index (Phi) is 4.60. The van der Waals surface area contributed by atoms with Crippen LogP contribution in [0.3, 0.4) is 0 Å². The highest BCUT2D eigenvalue weighted by Gasteiger charge is 2.28. The van der Waals surface area contributed by atoms with Crippen LogP contribution in [0.25, 0.3) is 11.5 Å². The predicted molar refractivity (Wildman–Crippen MR) is 76.5 cm³/mol. The molecule has 2 aromatic heterocycles. The number of ether oxygens (including phenoxy) is 1. The Labute approximate surface area is 123 Å². The van der Waals surface area contributed by atoms with Crippen LogP contribution in [0, 0.1) is 0 Å². The summed E-state index contributed by atoms with van der Waals surface area (Å²) in [5.74, 6) is -0.322. The normalized spacial score (nSPS) is 11.6. The van der Waals surface area contributed by atoms with Crippen LogP contribution < -0.4 is 10.6 Å². The molecule has 0 aliphatic heterocycles. The summed E-state index contributed by atoms with van der Waals surface area (Å²) >= 11 is 1.15. The third kappa shape index (κ3) is 3.58. The maximum Gasteiger partial charge on any atom is 0.360 e. The molecule has 10 heteroatoms. The highest BCUT2D eigenvalue weighted by atomic mass is 32.1. The molecular formula is C11H13N2O6PS. The van der Waals surface area contributed by atoms with Crippen molar-refractivity contribution in [3.8, 4) is 11.5 Å². The molecule has 0 unspecified atom stereocenters. The highest BCUT2D eigenvalue weighted by molar-refractivity contribution is 7.60. The number of carbonyl (C=O) groups excluding carboxylic acids is 1. The summed E-state index contributed by atoms with van der Waals surface area (Å²) in [7, 11) is -3.01. The van der Waals surface area contributed by atoms with Crippen LogP contribution >= 0.6 is 18.9 Å². The molecule has 0 saturated carbocycles. The first kappa shape index (κ1) is 15.9. The number of nitrogens with zero attached hydrogens (tertiary/aromatic N) is 1. The zero-order valence-electron chi connectivity index (χ0n) is 11.2. The third-order valence-electron chi connectivity index (χ3n) is 2.43. The topological polar surface area (TPSA) is 122 Å². The number of amides is 1. The number of anilines is 1. The lowest BCUT2D eigenvalue weighted by molar-refractivity contribution is -0.114. The minimum atomic E-state index is -4.49. The zero-order chi connectivity index (χ0) is 15.6. The summed E-state index contributed by atoms with van der Waals surface area (Å²) in [5.41, 5.74) is 0.244. The van der Waals surface area contributed by atoms with Crippen molar-refractivity contribution in [2.75, 3.05) is 12.4 Å². The first-order chi connectivity index (χ1) is 9.82. The summed E-state index contributed by atoms with van der Waals surface area (Å²) in [6.45, 7) is 1.51. The average Bonchev–Trinajstić information content (AvgIpc) is 2.94. The van der Waals surface area contributed by atoms with Crippen molar-refractivity contribution in [3.05, 3.63) is 17.2 Å². The molecule has 8 nitrogen and oxygen atoms in total. The van der Waals surface area contributed by atoms with Crippen LogP contribution in [-0.4, -0.2) is 27.8 Å². The van der Waals surface area contributed by atoms with E-state index in [1.807, 2.05) is 0 Å². The van der Waals surface area contributed by atoms with Gasteiger partial charge >= 0.3 is 7.60 Å². The lowest BCUT2D eigenvalue weighted by Gasteiger charge is -2.04. The summed E-state index contributed by atoms with van der Waals surface area (Å²) in [5, 5.41) is 2.57. The van der Waals surface area contributed by atoms with E-state index < -0.39 is 7.60 Å². The van der Waals surface area contributed by atoms with Crippen LogP contribution in [-0.2, 0) is 20.7 Å². The van der Waals surface area contributed by atoms with Gasteiger partial charge in [-0.25, -0.2) is 4.98 Å². The Morgan fingerprint density at radius 1 is 1.57 bits per heavy atom. The second kappa shape index (κ2) is 6.08. The molecule has 0 radical (unpaired) electrons. The molecule has 2 heterocycles. The quantitative estimate of drug-likeness (QED) is 0.706. The van der Waals surface area contributed by atoms with Crippen molar-refractivity contribution < 1.29 is 28.3 Å². The smallest absolute Gasteiger partial charge is 0.360 e. The number of hydrogen-bond donors (Lipinski definition) is 3. The number of aromatic nitrogens is 1. The number of furan rings is 1. The Balaban J connectivity index is 2.52. The molecule has 0 atom stereocenters. The van der Waals surface area contributed by atoms with Crippen LogP contribution in [0.5, 0.6) is 0 Å². The molecular weight excluding hydrogens is 319 g/mol. The second-order valence-electron chi connectivity index (χ2n) is 4.08. The Bertz CT molecular complexity index is 703. The largest absolute Gasteiger partial charge is 0.462 e. The molecule has 114 valence electrons. The van der Waals surface area contributed by atoms with Gasteiger partial charge in [0, 0.05) is 14.0 Å². The minimum absolute atomic E-state index is 0.0248. The van der Waals surface area contributed by atoms with Crippen LogP contribution in [0.2, 0.25) is 0 Å². The molecule has 0 aromatic carbocycles. The van der Waals surface area contributed by atoms with Gasteiger partial charge in [-0.05, 0) is 6.07 Å². The van der Waals surface area contributed by atoms with Crippen LogP contribution in [0.4, 0.5) is 5.13 Å². The van der Waals surface area contributed by atoms with Gasteiger partial charge in [-0.1, -0.05) is 11.3 Å².